The molecule has 0 fully saturated rings. The first-order valence-corrected chi connectivity index (χ1v) is 15.3. The largest absolute Gasteiger partial charge is 0.397 e. The number of halogens is 2. The van der Waals surface area contributed by atoms with Gasteiger partial charge in [-0.25, -0.2) is 27.5 Å². The van der Waals surface area contributed by atoms with E-state index in [4.69, 9.17) is 11.1 Å². The van der Waals surface area contributed by atoms with E-state index < -0.39 is 15.8 Å². The van der Waals surface area contributed by atoms with Crippen LogP contribution in [0.15, 0.2) is 58.8 Å². The minimum absolute atomic E-state index is 0.0143. The van der Waals surface area contributed by atoms with Gasteiger partial charge in [0.1, 0.15) is 22.7 Å². The molecular formula is C25H21FIN7O2S. The molecular weight excluding hydrogens is 608 g/mol. The van der Waals surface area contributed by atoms with Gasteiger partial charge in [-0.2, -0.15) is 0 Å². The highest BCUT2D eigenvalue weighted by atomic mass is 127. The molecule has 1 aromatic carbocycles. The van der Waals surface area contributed by atoms with Gasteiger partial charge in [-0.15, -0.1) is 0 Å². The fourth-order valence-corrected chi connectivity index (χ4v) is 5.77. The number of aromatic amines is 1. The van der Waals surface area contributed by atoms with Crippen molar-refractivity contribution in [1.29, 1.82) is 5.41 Å². The van der Waals surface area contributed by atoms with E-state index in [0.29, 0.717) is 39.2 Å². The summed E-state index contributed by atoms with van der Waals surface area (Å²) >= 11 is -0.168. The lowest BCUT2D eigenvalue weighted by Gasteiger charge is -2.09. The van der Waals surface area contributed by atoms with E-state index in [0.717, 1.165) is 17.5 Å². The lowest BCUT2D eigenvalue weighted by atomic mass is 10.1. The highest BCUT2D eigenvalue weighted by Gasteiger charge is 2.19. The number of H-pyrrole nitrogens is 1. The van der Waals surface area contributed by atoms with E-state index in [1.54, 1.807) is 24.4 Å². The maximum atomic E-state index is 14.4. The van der Waals surface area contributed by atoms with Gasteiger partial charge in [0.05, 0.1) is 28.8 Å². The Labute approximate surface area is 222 Å². The average molecular weight is 629 g/mol. The molecule has 188 valence electrons. The van der Waals surface area contributed by atoms with Crippen molar-refractivity contribution in [2.24, 2.45) is 0 Å². The van der Waals surface area contributed by atoms with Gasteiger partial charge in [-0.1, -0.05) is 32.9 Å². The molecule has 0 saturated carbocycles. The summed E-state index contributed by atoms with van der Waals surface area (Å²) in [4.78, 5) is 16.7. The Balaban J connectivity index is 1.53. The Hall–Kier alpha value is -3.62. The van der Waals surface area contributed by atoms with Crippen molar-refractivity contribution in [2.75, 3.05) is 12.0 Å². The van der Waals surface area contributed by atoms with E-state index >= 15 is 0 Å². The van der Waals surface area contributed by atoms with Gasteiger partial charge in [-0.05, 0) is 50.1 Å². The van der Waals surface area contributed by atoms with Crippen LogP contribution in [0.2, 0.25) is 0 Å². The Kier molecular flexibility index (Phi) is 6.79. The number of imidazole rings is 1. The zero-order valence-electron chi connectivity index (χ0n) is 19.5. The van der Waals surface area contributed by atoms with Crippen LogP contribution in [0.3, 0.4) is 0 Å². The molecule has 37 heavy (non-hydrogen) atoms. The number of nitrogens with zero attached hydrogens (tertiary/aromatic N) is 3. The summed E-state index contributed by atoms with van der Waals surface area (Å²) < 4.78 is 44.0. The van der Waals surface area contributed by atoms with E-state index in [-0.39, 0.29) is 38.8 Å². The Morgan fingerprint density at radius 2 is 2.05 bits per heavy atom. The molecule has 4 heterocycles. The molecule has 0 aliphatic carbocycles. The number of hydrogen-bond donors (Lipinski definition) is 4. The zero-order valence-corrected chi connectivity index (χ0v) is 22.4. The minimum Gasteiger partial charge on any atom is -0.397 e. The van der Waals surface area contributed by atoms with Gasteiger partial charge < -0.3 is 10.7 Å². The quantitative estimate of drug-likeness (QED) is 0.180. The van der Waals surface area contributed by atoms with Crippen LogP contribution >= 0.6 is 20.7 Å². The van der Waals surface area contributed by atoms with Crippen molar-refractivity contribution < 1.29 is 12.8 Å². The molecule has 0 atom stereocenters. The monoisotopic (exact) mass is 629 g/mol. The first kappa shape index (κ1) is 25.0. The van der Waals surface area contributed by atoms with Crippen molar-refractivity contribution in [2.45, 2.75) is 6.54 Å². The molecule has 1 aliphatic heterocycles. The van der Waals surface area contributed by atoms with E-state index in [1.807, 2.05) is 18.2 Å². The summed E-state index contributed by atoms with van der Waals surface area (Å²) in [5.74, 6) is -0.296. The fourth-order valence-electron chi connectivity index (χ4n) is 3.78. The average Bonchev–Trinajstić information content (AvgIpc) is 3.32. The second-order valence-electron chi connectivity index (χ2n) is 8.27. The van der Waals surface area contributed by atoms with E-state index in [1.165, 1.54) is 12.1 Å². The molecule has 12 heteroatoms. The second kappa shape index (κ2) is 10.0. The van der Waals surface area contributed by atoms with Crippen LogP contribution in [-0.2, 0) is 16.6 Å². The van der Waals surface area contributed by atoms with Crippen molar-refractivity contribution in [3.63, 3.8) is 0 Å². The number of nitrogens with one attached hydrogen (secondary N) is 3. The third-order valence-electron chi connectivity index (χ3n) is 5.47. The number of hydrogen-bond acceptors (Lipinski definition) is 7. The lowest BCUT2D eigenvalue weighted by molar-refractivity contribution is 0.586. The maximum absolute atomic E-state index is 14.4. The van der Waals surface area contributed by atoms with Crippen LogP contribution in [0.1, 0.15) is 22.8 Å². The number of nitrogen functional groups attached to an aromatic ring is 1. The van der Waals surface area contributed by atoms with Crippen molar-refractivity contribution in [3.8, 4) is 11.3 Å². The number of rotatable bonds is 7. The summed E-state index contributed by atoms with van der Waals surface area (Å²) in [5.41, 5.74) is 10.8. The normalized spacial score (nSPS) is 13.4. The number of aromatic nitrogens is 4. The molecule has 9 nitrogen and oxygen atoms in total. The molecule has 0 amide bonds. The molecule has 4 aromatic rings. The Morgan fingerprint density at radius 1 is 1.22 bits per heavy atom. The van der Waals surface area contributed by atoms with Gasteiger partial charge in [-0.3, -0.25) is 10.4 Å². The molecule has 1 aliphatic rings. The first-order valence-electron chi connectivity index (χ1n) is 11.0. The van der Waals surface area contributed by atoms with E-state index in [9.17, 15) is 12.8 Å². The SMILES string of the molecule is CS(=O)(=O)NCc1cc(F)cc(-c2nccc3[nH]c(C(=N)c4nc(C5=CI=CC=C5)ccc4N)nc23)c1. The minimum atomic E-state index is -3.45. The topological polar surface area (TPSA) is 150 Å². The molecule has 0 spiro atoms. The molecule has 5 rings (SSSR count). The fraction of sp³-hybridized carbons (Fsp3) is 0.0800. The number of nitrogens with two attached hydrogens (primary N) is 1. The van der Waals surface area contributed by atoms with Crippen LogP contribution < -0.4 is 10.5 Å². The van der Waals surface area contributed by atoms with Crippen LogP contribution in [0, 0.1) is 11.2 Å². The highest BCUT2D eigenvalue weighted by Crippen LogP contribution is 2.28. The van der Waals surface area contributed by atoms with Gasteiger partial charge in [0.2, 0.25) is 10.0 Å². The smallest absolute Gasteiger partial charge is 0.209 e. The number of anilines is 1. The van der Waals surface area contributed by atoms with Gasteiger partial charge >= 0.3 is 0 Å². The Morgan fingerprint density at radius 3 is 2.81 bits per heavy atom. The molecule has 0 saturated heterocycles. The number of sulfonamides is 1. The third-order valence-corrected chi connectivity index (χ3v) is 8.00. The van der Waals surface area contributed by atoms with Crippen molar-refractivity contribution in [1.82, 2.24) is 24.7 Å². The zero-order chi connectivity index (χ0) is 26.2. The summed E-state index contributed by atoms with van der Waals surface area (Å²) in [6.45, 7) is -0.0665. The predicted octanol–water partition coefficient (Wildman–Crippen LogP) is 3.89. The predicted molar refractivity (Wildman–Crippen MR) is 153 cm³/mol. The van der Waals surface area contributed by atoms with Gasteiger partial charge in [0.25, 0.3) is 0 Å². The number of pyridine rings is 2. The summed E-state index contributed by atoms with van der Waals surface area (Å²) in [5, 5.41) is 8.79. The van der Waals surface area contributed by atoms with Crippen molar-refractivity contribution >= 4 is 62.8 Å². The summed E-state index contributed by atoms with van der Waals surface area (Å²) in [7, 11) is -3.45. The molecule has 5 N–H and O–H groups in total. The first-order chi connectivity index (χ1) is 17.7. The molecule has 0 unspecified atom stereocenters. The molecule has 0 bridgehead atoms. The highest BCUT2D eigenvalue weighted by molar-refractivity contribution is 14.2. The van der Waals surface area contributed by atoms with Crippen molar-refractivity contribution in [3.05, 3.63) is 87.4 Å². The molecule has 3 aromatic heterocycles. The number of benzene rings is 1. The number of allylic oxidation sites excluding steroid dienone is 3. The third kappa shape index (κ3) is 5.55. The van der Waals surface area contributed by atoms with Crippen LogP contribution in [0.5, 0.6) is 0 Å². The van der Waals surface area contributed by atoms with Crippen LogP contribution in [0.4, 0.5) is 10.1 Å². The van der Waals surface area contributed by atoms with E-state index in [2.05, 4.69) is 32.8 Å². The summed E-state index contributed by atoms with van der Waals surface area (Å²) in [6.07, 6.45) is 6.58. The van der Waals surface area contributed by atoms with Gasteiger partial charge in [0, 0.05) is 23.9 Å². The van der Waals surface area contributed by atoms with Crippen LogP contribution in [-0.4, -0.2) is 44.3 Å². The van der Waals surface area contributed by atoms with Crippen LogP contribution in [0.25, 0.3) is 27.9 Å². The second-order valence-corrected chi connectivity index (χ2v) is 12.2. The summed E-state index contributed by atoms with van der Waals surface area (Å²) in [6, 6.07) is 9.48. The number of fused-ring (bicyclic) bond motifs is 1. The standard InChI is InChI=1S/C25H21FIN7O2S/c1-37(35,36)31-13-14-9-16(11-17(26)10-14)22-24-20(6-8-30-22)33-25(34-24)21(29)23-18(28)4-5-19(32-23)15-3-2-7-27-12-15/h2-12,29,31H,13,28H2,1H3,(H,33,34). The molecule has 0 radical (unpaired) electrons. The maximum Gasteiger partial charge on any atom is 0.209 e. The van der Waals surface area contributed by atoms with Gasteiger partial charge in [0.15, 0.2) is 5.82 Å². The lowest BCUT2D eigenvalue weighted by Crippen LogP contribution is -2.21. The Bertz CT molecular complexity index is 1760.